The fourth-order valence-electron chi connectivity index (χ4n) is 0.634. The number of rotatable bonds is 3. The van der Waals surface area contributed by atoms with Crippen molar-refractivity contribution in [3.63, 3.8) is 0 Å². The van der Waals surface area contributed by atoms with E-state index in [1.807, 2.05) is 0 Å². The van der Waals surface area contributed by atoms with Gasteiger partial charge in [-0.05, 0) is 6.07 Å². The summed E-state index contributed by atoms with van der Waals surface area (Å²) in [5, 5.41) is 0.430. The molecule has 11 heavy (non-hydrogen) atoms. The van der Waals surface area contributed by atoms with Crippen molar-refractivity contribution >= 4 is 11.6 Å². The van der Waals surface area contributed by atoms with Crippen molar-refractivity contribution in [3.05, 3.63) is 23.4 Å². The van der Waals surface area contributed by atoms with Crippen LogP contribution in [0.25, 0.3) is 0 Å². The standard InChI is InChI=1S/C7H9ClN2O/c8-6-2-1-3-7(10-6)11-5-4-9/h1-3H,4-5,9H2. The van der Waals surface area contributed by atoms with Gasteiger partial charge in [-0.1, -0.05) is 17.7 Å². The van der Waals surface area contributed by atoms with Gasteiger partial charge in [0, 0.05) is 12.6 Å². The van der Waals surface area contributed by atoms with Crippen molar-refractivity contribution in [2.45, 2.75) is 0 Å². The Morgan fingerprint density at radius 1 is 1.55 bits per heavy atom. The van der Waals surface area contributed by atoms with Crippen LogP contribution >= 0.6 is 11.6 Å². The van der Waals surface area contributed by atoms with E-state index in [0.717, 1.165) is 0 Å². The average Bonchev–Trinajstić information content (AvgIpc) is 2.01. The monoisotopic (exact) mass is 172 g/mol. The first-order valence-electron chi connectivity index (χ1n) is 3.28. The summed E-state index contributed by atoms with van der Waals surface area (Å²) in [4.78, 5) is 3.90. The molecule has 0 aliphatic heterocycles. The molecule has 0 unspecified atom stereocenters. The highest BCUT2D eigenvalue weighted by Gasteiger charge is 1.93. The Balaban J connectivity index is 2.56. The minimum Gasteiger partial charge on any atom is -0.476 e. The first kappa shape index (κ1) is 8.30. The summed E-state index contributed by atoms with van der Waals surface area (Å²) in [6.45, 7) is 0.946. The van der Waals surface area contributed by atoms with Crippen LogP contribution in [-0.2, 0) is 0 Å². The van der Waals surface area contributed by atoms with Gasteiger partial charge in [0.2, 0.25) is 5.88 Å². The number of nitrogens with two attached hydrogens (primary N) is 1. The number of hydrogen-bond donors (Lipinski definition) is 1. The highest BCUT2D eigenvalue weighted by molar-refractivity contribution is 6.29. The Kier molecular flexibility index (Phi) is 3.14. The summed E-state index contributed by atoms with van der Waals surface area (Å²) >= 11 is 5.60. The van der Waals surface area contributed by atoms with Gasteiger partial charge in [0.05, 0.1) is 0 Å². The topological polar surface area (TPSA) is 48.1 Å². The molecule has 1 rings (SSSR count). The fraction of sp³-hybridized carbons (Fsp3) is 0.286. The SMILES string of the molecule is NCCOc1cccc(Cl)n1. The summed E-state index contributed by atoms with van der Waals surface area (Å²) in [7, 11) is 0. The fourth-order valence-corrected chi connectivity index (χ4v) is 0.790. The minimum atomic E-state index is 0.430. The molecule has 0 atom stereocenters. The molecular formula is C7H9ClN2O. The maximum atomic E-state index is 5.60. The van der Waals surface area contributed by atoms with Crippen LogP contribution in [-0.4, -0.2) is 18.1 Å². The lowest BCUT2D eigenvalue weighted by molar-refractivity contribution is 0.316. The van der Waals surface area contributed by atoms with Gasteiger partial charge >= 0.3 is 0 Å². The highest BCUT2D eigenvalue weighted by Crippen LogP contribution is 2.10. The van der Waals surface area contributed by atoms with Crippen molar-refractivity contribution in [2.75, 3.05) is 13.2 Å². The van der Waals surface area contributed by atoms with E-state index in [-0.39, 0.29) is 0 Å². The Morgan fingerprint density at radius 2 is 2.36 bits per heavy atom. The summed E-state index contributed by atoms with van der Waals surface area (Å²) < 4.78 is 5.12. The minimum absolute atomic E-state index is 0.430. The molecule has 0 aliphatic rings. The molecule has 1 aromatic heterocycles. The summed E-state index contributed by atoms with van der Waals surface area (Å²) in [6.07, 6.45) is 0. The van der Waals surface area contributed by atoms with Gasteiger partial charge in [0.25, 0.3) is 0 Å². The van der Waals surface area contributed by atoms with Crippen LogP contribution in [0.2, 0.25) is 5.15 Å². The van der Waals surface area contributed by atoms with Crippen LogP contribution in [0.1, 0.15) is 0 Å². The van der Waals surface area contributed by atoms with Gasteiger partial charge in [0.1, 0.15) is 11.8 Å². The molecule has 0 aromatic carbocycles. The maximum Gasteiger partial charge on any atom is 0.214 e. The summed E-state index contributed by atoms with van der Waals surface area (Å²) in [6, 6.07) is 5.21. The van der Waals surface area contributed by atoms with E-state index < -0.39 is 0 Å². The normalized spacial score (nSPS) is 9.64. The summed E-state index contributed by atoms with van der Waals surface area (Å²) in [5.74, 6) is 0.517. The Morgan fingerprint density at radius 3 is 3.00 bits per heavy atom. The lowest BCUT2D eigenvalue weighted by Gasteiger charge is -2.01. The first-order chi connectivity index (χ1) is 5.33. The molecule has 0 fully saturated rings. The van der Waals surface area contributed by atoms with E-state index >= 15 is 0 Å². The van der Waals surface area contributed by atoms with Crippen molar-refractivity contribution in [2.24, 2.45) is 5.73 Å². The van der Waals surface area contributed by atoms with E-state index in [1.54, 1.807) is 18.2 Å². The zero-order valence-corrected chi connectivity index (χ0v) is 6.71. The van der Waals surface area contributed by atoms with Gasteiger partial charge in [-0.15, -0.1) is 0 Å². The second kappa shape index (κ2) is 4.16. The smallest absolute Gasteiger partial charge is 0.214 e. The number of halogens is 1. The Labute approximate surface area is 70.1 Å². The molecule has 3 nitrogen and oxygen atoms in total. The Bertz CT molecular complexity index is 229. The second-order valence-electron chi connectivity index (χ2n) is 1.94. The number of pyridine rings is 1. The molecule has 0 aliphatic carbocycles. The molecule has 4 heteroatoms. The molecule has 0 saturated carbocycles. The first-order valence-corrected chi connectivity index (χ1v) is 3.66. The number of ether oxygens (including phenoxy) is 1. The number of hydrogen-bond acceptors (Lipinski definition) is 3. The quantitative estimate of drug-likeness (QED) is 0.694. The van der Waals surface area contributed by atoms with Crippen molar-refractivity contribution < 1.29 is 4.74 Å². The molecule has 1 heterocycles. The third kappa shape index (κ3) is 2.74. The van der Waals surface area contributed by atoms with Crippen LogP contribution in [0.5, 0.6) is 5.88 Å². The number of nitrogens with zero attached hydrogens (tertiary/aromatic N) is 1. The molecule has 1 aromatic rings. The molecule has 2 N–H and O–H groups in total. The van der Waals surface area contributed by atoms with Crippen LogP contribution in [0, 0.1) is 0 Å². The zero-order valence-electron chi connectivity index (χ0n) is 5.96. The van der Waals surface area contributed by atoms with E-state index in [4.69, 9.17) is 22.1 Å². The zero-order chi connectivity index (χ0) is 8.10. The molecule has 0 bridgehead atoms. The van der Waals surface area contributed by atoms with Crippen molar-refractivity contribution in [1.29, 1.82) is 0 Å². The molecule has 0 radical (unpaired) electrons. The highest BCUT2D eigenvalue weighted by atomic mass is 35.5. The Hall–Kier alpha value is -0.800. The van der Waals surface area contributed by atoms with Gasteiger partial charge in [-0.2, -0.15) is 0 Å². The summed E-state index contributed by atoms with van der Waals surface area (Å²) in [5.41, 5.74) is 5.23. The lowest BCUT2D eigenvalue weighted by Crippen LogP contribution is -2.11. The molecular weight excluding hydrogens is 164 g/mol. The van der Waals surface area contributed by atoms with Crippen molar-refractivity contribution in [1.82, 2.24) is 4.98 Å². The maximum absolute atomic E-state index is 5.60. The third-order valence-corrected chi connectivity index (χ3v) is 1.27. The molecule has 0 amide bonds. The molecule has 60 valence electrons. The van der Waals surface area contributed by atoms with Crippen LogP contribution in [0.3, 0.4) is 0 Å². The van der Waals surface area contributed by atoms with Gasteiger partial charge < -0.3 is 10.5 Å². The second-order valence-corrected chi connectivity index (χ2v) is 2.32. The largest absolute Gasteiger partial charge is 0.476 e. The van der Waals surface area contributed by atoms with Gasteiger partial charge in [-0.25, -0.2) is 4.98 Å². The molecule has 0 spiro atoms. The van der Waals surface area contributed by atoms with Crippen LogP contribution in [0.4, 0.5) is 0 Å². The van der Waals surface area contributed by atoms with E-state index in [1.165, 1.54) is 0 Å². The van der Waals surface area contributed by atoms with Crippen molar-refractivity contribution in [3.8, 4) is 5.88 Å². The van der Waals surface area contributed by atoms with Crippen LogP contribution in [0.15, 0.2) is 18.2 Å². The van der Waals surface area contributed by atoms with Gasteiger partial charge in [0.15, 0.2) is 0 Å². The third-order valence-electron chi connectivity index (χ3n) is 1.06. The van der Waals surface area contributed by atoms with Gasteiger partial charge in [-0.3, -0.25) is 0 Å². The van der Waals surface area contributed by atoms with E-state index in [9.17, 15) is 0 Å². The predicted molar refractivity (Wildman–Crippen MR) is 43.8 cm³/mol. The van der Waals surface area contributed by atoms with E-state index in [0.29, 0.717) is 24.2 Å². The average molecular weight is 173 g/mol. The number of aromatic nitrogens is 1. The predicted octanol–water partition coefficient (Wildman–Crippen LogP) is 1.07. The lowest BCUT2D eigenvalue weighted by atomic mass is 10.5. The van der Waals surface area contributed by atoms with Crippen LogP contribution < -0.4 is 10.5 Å². The molecule has 0 saturated heterocycles. The van der Waals surface area contributed by atoms with E-state index in [2.05, 4.69) is 4.98 Å².